The Labute approximate surface area is 106 Å². The highest BCUT2D eigenvalue weighted by Crippen LogP contribution is 2.29. The summed E-state index contributed by atoms with van der Waals surface area (Å²) in [6.45, 7) is 0.360. The Bertz CT molecular complexity index is 394. The van der Waals surface area contributed by atoms with Gasteiger partial charge in [0.1, 0.15) is 5.75 Å². The van der Waals surface area contributed by atoms with Gasteiger partial charge in [-0.2, -0.15) is 0 Å². The number of methoxy groups -OCH3 is 1. The van der Waals surface area contributed by atoms with Gasteiger partial charge in [0.05, 0.1) is 31.5 Å². The molecule has 0 radical (unpaired) electrons. The number of ether oxygens (including phenoxy) is 1. The number of aliphatic hydroxyl groups excluding tert-OH is 3. The predicted molar refractivity (Wildman–Crippen MR) is 66.4 cm³/mol. The molecule has 0 spiro atoms. The van der Waals surface area contributed by atoms with Gasteiger partial charge in [0.15, 0.2) is 0 Å². The lowest BCUT2D eigenvalue weighted by Gasteiger charge is -2.27. The van der Waals surface area contributed by atoms with Crippen molar-refractivity contribution >= 4 is 0 Å². The quantitative estimate of drug-likeness (QED) is 0.693. The Morgan fingerprint density at radius 2 is 1.89 bits per heavy atom. The van der Waals surface area contributed by atoms with Gasteiger partial charge in [0, 0.05) is 6.54 Å². The van der Waals surface area contributed by atoms with E-state index in [1.165, 1.54) is 0 Å². The highest BCUT2D eigenvalue weighted by Gasteiger charge is 2.42. The van der Waals surface area contributed by atoms with Crippen molar-refractivity contribution in [3.8, 4) is 5.75 Å². The Balaban J connectivity index is 2.17. The summed E-state index contributed by atoms with van der Waals surface area (Å²) in [6.07, 6.45) is -2.59. The highest BCUT2D eigenvalue weighted by molar-refractivity contribution is 5.29. The molecule has 0 amide bonds. The molecule has 100 valence electrons. The predicted octanol–water partition coefficient (Wildman–Crippen LogP) is -0.236. The molecule has 2 rings (SSSR count). The van der Waals surface area contributed by atoms with E-state index < -0.39 is 24.4 Å². The smallest absolute Gasteiger partial charge is 0.118 e. The van der Waals surface area contributed by atoms with Crippen molar-refractivity contribution in [1.29, 1.82) is 0 Å². The maximum absolute atomic E-state index is 10.3. The first kappa shape index (κ1) is 13.3. The molecule has 5 heteroatoms. The van der Waals surface area contributed by atoms with Crippen LogP contribution in [0.1, 0.15) is 11.7 Å². The van der Waals surface area contributed by atoms with Gasteiger partial charge in [0.2, 0.25) is 0 Å². The van der Waals surface area contributed by atoms with Crippen LogP contribution in [0, 0.1) is 0 Å². The second-order valence-electron chi connectivity index (χ2n) is 4.71. The van der Waals surface area contributed by atoms with Crippen LogP contribution in [-0.4, -0.2) is 59.2 Å². The summed E-state index contributed by atoms with van der Waals surface area (Å²) in [5.74, 6) is 0.714. The number of hydrogen-bond acceptors (Lipinski definition) is 5. The molecule has 0 aromatic heterocycles. The molecule has 1 aliphatic heterocycles. The number of rotatable bonds is 3. The van der Waals surface area contributed by atoms with Crippen LogP contribution in [0.2, 0.25) is 0 Å². The van der Waals surface area contributed by atoms with E-state index in [0.29, 0.717) is 17.9 Å². The first-order valence-corrected chi connectivity index (χ1v) is 5.93. The molecule has 1 saturated heterocycles. The van der Waals surface area contributed by atoms with E-state index in [1.54, 1.807) is 43.3 Å². The molecule has 18 heavy (non-hydrogen) atoms. The van der Waals surface area contributed by atoms with Crippen LogP contribution in [0.4, 0.5) is 0 Å². The van der Waals surface area contributed by atoms with Gasteiger partial charge >= 0.3 is 0 Å². The fourth-order valence-corrected chi connectivity index (χ4v) is 2.44. The van der Waals surface area contributed by atoms with E-state index in [-0.39, 0.29) is 0 Å². The lowest BCUT2D eigenvalue weighted by molar-refractivity contribution is -0.00788. The topological polar surface area (TPSA) is 73.2 Å². The van der Waals surface area contributed by atoms with E-state index >= 15 is 0 Å². The SMILES string of the molecule is COc1ccc(C(O)C2C(O)C(O)CN2C)cc1. The number of aliphatic hydroxyl groups is 3. The van der Waals surface area contributed by atoms with Crippen LogP contribution < -0.4 is 4.74 Å². The van der Waals surface area contributed by atoms with Gasteiger partial charge in [-0.1, -0.05) is 12.1 Å². The minimum Gasteiger partial charge on any atom is -0.497 e. The number of nitrogens with zero attached hydrogens (tertiary/aromatic N) is 1. The standard InChI is InChI=1S/C13H19NO4/c1-14-7-10(15)13(17)11(14)12(16)8-3-5-9(18-2)6-4-8/h3-6,10-13,15-17H,7H2,1-2H3. The van der Waals surface area contributed by atoms with Crippen molar-refractivity contribution in [2.45, 2.75) is 24.4 Å². The van der Waals surface area contributed by atoms with Gasteiger partial charge in [-0.3, -0.25) is 4.90 Å². The van der Waals surface area contributed by atoms with Gasteiger partial charge < -0.3 is 20.1 Å². The van der Waals surface area contributed by atoms with Crippen LogP contribution >= 0.6 is 0 Å². The second-order valence-corrected chi connectivity index (χ2v) is 4.71. The molecule has 1 aromatic carbocycles. The molecule has 4 unspecified atom stereocenters. The van der Waals surface area contributed by atoms with E-state index in [9.17, 15) is 15.3 Å². The Kier molecular flexibility index (Phi) is 3.87. The first-order valence-electron chi connectivity index (χ1n) is 5.93. The molecule has 1 aliphatic rings. The summed E-state index contributed by atoms with van der Waals surface area (Å²) >= 11 is 0. The van der Waals surface area contributed by atoms with Crippen LogP contribution in [0.15, 0.2) is 24.3 Å². The average Bonchev–Trinajstić information content (AvgIpc) is 2.63. The van der Waals surface area contributed by atoms with Crippen molar-refractivity contribution in [3.05, 3.63) is 29.8 Å². The first-order chi connectivity index (χ1) is 8.54. The lowest BCUT2D eigenvalue weighted by Crippen LogP contribution is -2.39. The van der Waals surface area contributed by atoms with Gasteiger partial charge in [-0.05, 0) is 24.7 Å². The molecule has 0 saturated carbocycles. The third kappa shape index (κ3) is 2.35. The summed E-state index contributed by atoms with van der Waals surface area (Å²) in [5, 5.41) is 29.8. The number of likely N-dealkylation sites (tertiary alicyclic amines) is 1. The molecule has 0 bridgehead atoms. The minimum atomic E-state index is -0.938. The third-order valence-electron chi connectivity index (χ3n) is 3.51. The number of benzene rings is 1. The average molecular weight is 253 g/mol. The third-order valence-corrected chi connectivity index (χ3v) is 3.51. The van der Waals surface area contributed by atoms with E-state index in [4.69, 9.17) is 4.74 Å². The normalized spacial score (nSPS) is 30.4. The summed E-state index contributed by atoms with van der Waals surface area (Å²) in [6, 6.07) is 6.55. The summed E-state index contributed by atoms with van der Waals surface area (Å²) in [7, 11) is 3.35. The van der Waals surface area contributed by atoms with E-state index in [0.717, 1.165) is 0 Å². The zero-order valence-corrected chi connectivity index (χ0v) is 10.5. The zero-order chi connectivity index (χ0) is 13.3. The number of likely N-dealkylation sites (N-methyl/N-ethyl adjacent to an activating group) is 1. The van der Waals surface area contributed by atoms with Crippen LogP contribution in [0.25, 0.3) is 0 Å². The number of β-amino-alcohol motifs (C(OH)–C–C–N with tert-alkyl or cyclic N) is 1. The molecule has 5 nitrogen and oxygen atoms in total. The molecule has 4 atom stereocenters. The lowest BCUT2D eigenvalue weighted by atomic mass is 9.98. The van der Waals surface area contributed by atoms with E-state index in [1.807, 2.05) is 0 Å². The largest absolute Gasteiger partial charge is 0.497 e. The van der Waals surface area contributed by atoms with Crippen molar-refractivity contribution in [1.82, 2.24) is 4.90 Å². The van der Waals surface area contributed by atoms with Gasteiger partial charge in [-0.15, -0.1) is 0 Å². The zero-order valence-electron chi connectivity index (χ0n) is 10.5. The summed E-state index contributed by atoms with van der Waals surface area (Å²) < 4.78 is 5.05. The Morgan fingerprint density at radius 3 is 2.33 bits per heavy atom. The molecule has 3 N–H and O–H groups in total. The summed E-state index contributed by atoms with van der Waals surface area (Å²) in [5.41, 5.74) is 0.695. The Hall–Kier alpha value is -1.14. The second kappa shape index (κ2) is 5.24. The van der Waals surface area contributed by atoms with Crippen molar-refractivity contribution in [3.63, 3.8) is 0 Å². The minimum absolute atomic E-state index is 0.360. The van der Waals surface area contributed by atoms with Gasteiger partial charge in [0.25, 0.3) is 0 Å². The van der Waals surface area contributed by atoms with Crippen LogP contribution in [-0.2, 0) is 0 Å². The van der Waals surface area contributed by atoms with Crippen LogP contribution in [0.3, 0.4) is 0 Å². The monoisotopic (exact) mass is 253 g/mol. The maximum Gasteiger partial charge on any atom is 0.118 e. The molecule has 1 aromatic rings. The Morgan fingerprint density at radius 1 is 1.28 bits per heavy atom. The molecular weight excluding hydrogens is 234 g/mol. The van der Waals surface area contributed by atoms with E-state index in [2.05, 4.69) is 0 Å². The van der Waals surface area contributed by atoms with Crippen molar-refractivity contribution in [2.24, 2.45) is 0 Å². The van der Waals surface area contributed by atoms with Crippen molar-refractivity contribution in [2.75, 3.05) is 20.7 Å². The molecule has 1 fully saturated rings. The maximum atomic E-state index is 10.3. The van der Waals surface area contributed by atoms with Crippen LogP contribution in [0.5, 0.6) is 5.75 Å². The van der Waals surface area contributed by atoms with Gasteiger partial charge in [-0.25, -0.2) is 0 Å². The number of hydrogen-bond donors (Lipinski definition) is 3. The highest BCUT2D eigenvalue weighted by atomic mass is 16.5. The molecular formula is C13H19NO4. The molecule has 1 heterocycles. The molecule has 0 aliphatic carbocycles. The summed E-state index contributed by atoms with van der Waals surface area (Å²) in [4.78, 5) is 1.77. The fraction of sp³-hybridized carbons (Fsp3) is 0.538. The van der Waals surface area contributed by atoms with Crippen molar-refractivity contribution < 1.29 is 20.1 Å². The fourth-order valence-electron chi connectivity index (χ4n) is 2.44.